The van der Waals surface area contributed by atoms with Crippen LogP contribution >= 0.6 is 15.9 Å². The van der Waals surface area contributed by atoms with Crippen LogP contribution in [-0.4, -0.2) is 11.6 Å². The van der Waals surface area contributed by atoms with E-state index in [4.69, 9.17) is 5.73 Å². The number of unbranched alkanes of at least 4 members (excludes halogenated alkanes) is 13. The lowest BCUT2D eigenvalue weighted by molar-refractivity contribution is 0.0980. The summed E-state index contributed by atoms with van der Waals surface area (Å²) in [6.45, 7) is 2.28. The van der Waals surface area contributed by atoms with Gasteiger partial charge in [0.2, 0.25) is 0 Å². The number of nitrogens with one attached hydrogen (secondary N) is 1. The molecule has 0 radical (unpaired) electrons. The van der Waals surface area contributed by atoms with E-state index < -0.39 is 0 Å². The van der Waals surface area contributed by atoms with Crippen molar-refractivity contribution in [3.05, 3.63) is 86.9 Å². The number of rotatable bonds is 17. The topological polar surface area (TPSA) is 72.2 Å². The smallest absolute Gasteiger partial charge is 0.196 e. The highest BCUT2D eigenvalue weighted by Gasteiger charge is 2.34. The SMILES string of the molecule is CCCCCCCCCCCCCCCCc1ccc(Nc2cc(Br)c(N)c3c2C(=O)c2ccccc2C3=O)cc1. The predicted octanol–water partition coefficient (Wildman–Crippen LogP) is 10.6. The summed E-state index contributed by atoms with van der Waals surface area (Å²) in [5.74, 6) is -0.410. The summed E-state index contributed by atoms with van der Waals surface area (Å²) in [5, 5.41) is 3.37. The van der Waals surface area contributed by atoms with E-state index in [0.29, 0.717) is 32.5 Å². The van der Waals surface area contributed by atoms with Crippen LogP contribution in [0.25, 0.3) is 0 Å². The molecule has 1 aliphatic rings. The number of nitrogen functional groups attached to an aromatic ring is 1. The van der Waals surface area contributed by atoms with Crippen molar-refractivity contribution in [3.63, 3.8) is 0 Å². The molecule has 3 aromatic rings. The number of hydrogen-bond acceptors (Lipinski definition) is 4. The van der Waals surface area contributed by atoms with Crippen LogP contribution in [0.1, 0.15) is 134 Å². The van der Waals surface area contributed by atoms with Crippen molar-refractivity contribution in [3.8, 4) is 0 Å². The average molecular weight is 618 g/mol. The van der Waals surface area contributed by atoms with Gasteiger partial charge in [-0.15, -0.1) is 0 Å². The fraction of sp³-hybridized carbons (Fsp3) is 0.444. The molecule has 0 heterocycles. The quantitative estimate of drug-likeness (QED) is 0.0913. The normalized spacial score (nSPS) is 12.3. The van der Waals surface area contributed by atoms with Crippen LogP contribution in [0.4, 0.5) is 17.1 Å². The molecule has 0 amide bonds. The molecule has 3 N–H and O–H groups in total. The number of carbonyl (C=O) groups is 2. The van der Waals surface area contributed by atoms with Crippen molar-refractivity contribution in [2.75, 3.05) is 11.1 Å². The molecule has 0 spiro atoms. The van der Waals surface area contributed by atoms with Crippen molar-refractivity contribution in [1.29, 1.82) is 0 Å². The van der Waals surface area contributed by atoms with E-state index in [1.165, 1.54) is 95.5 Å². The first-order chi connectivity index (χ1) is 20.0. The lowest BCUT2D eigenvalue weighted by Gasteiger charge is -2.23. The van der Waals surface area contributed by atoms with Crippen LogP contribution in [0.3, 0.4) is 0 Å². The molecular formula is C36H45BrN2O2. The lowest BCUT2D eigenvalue weighted by atomic mass is 9.82. The zero-order chi connectivity index (χ0) is 29.0. The van der Waals surface area contributed by atoms with Crippen LogP contribution in [0.2, 0.25) is 0 Å². The average Bonchev–Trinajstić information content (AvgIpc) is 2.98. The molecule has 41 heavy (non-hydrogen) atoms. The highest BCUT2D eigenvalue weighted by atomic mass is 79.9. The van der Waals surface area contributed by atoms with E-state index in [2.05, 4.69) is 40.3 Å². The maximum absolute atomic E-state index is 13.4. The molecule has 218 valence electrons. The molecule has 5 heteroatoms. The van der Waals surface area contributed by atoms with Gasteiger partial charge < -0.3 is 11.1 Å². The summed E-state index contributed by atoms with van der Waals surface area (Å²) in [4.78, 5) is 26.7. The van der Waals surface area contributed by atoms with Gasteiger partial charge in [0.1, 0.15) is 0 Å². The molecule has 0 aliphatic heterocycles. The summed E-state index contributed by atoms with van der Waals surface area (Å²) in [6.07, 6.45) is 20.2. The Balaban J connectivity index is 1.21. The van der Waals surface area contributed by atoms with E-state index in [-0.39, 0.29) is 17.1 Å². The molecule has 0 unspecified atom stereocenters. The van der Waals surface area contributed by atoms with Crippen molar-refractivity contribution < 1.29 is 9.59 Å². The predicted molar refractivity (Wildman–Crippen MR) is 176 cm³/mol. The molecular weight excluding hydrogens is 572 g/mol. The summed E-state index contributed by atoms with van der Waals surface area (Å²) in [5.41, 5.74) is 10.7. The third-order valence-electron chi connectivity index (χ3n) is 8.24. The molecule has 0 atom stereocenters. The van der Waals surface area contributed by atoms with Gasteiger partial charge in [0.05, 0.1) is 22.5 Å². The Morgan fingerprint density at radius 3 is 1.68 bits per heavy atom. The van der Waals surface area contributed by atoms with Crippen molar-refractivity contribution >= 4 is 44.6 Å². The van der Waals surface area contributed by atoms with Crippen molar-refractivity contribution in [1.82, 2.24) is 0 Å². The van der Waals surface area contributed by atoms with E-state index >= 15 is 0 Å². The first-order valence-electron chi connectivity index (χ1n) is 15.7. The van der Waals surface area contributed by atoms with Crippen LogP contribution in [-0.2, 0) is 6.42 Å². The highest BCUT2D eigenvalue weighted by molar-refractivity contribution is 9.10. The number of hydrogen-bond donors (Lipinski definition) is 2. The molecule has 0 fully saturated rings. The van der Waals surface area contributed by atoms with Gasteiger partial charge in [0, 0.05) is 21.3 Å². The number of ketones is 2. The minimum atomic E-state index is -0.222. The molecule has 0 bridgehead atoms. The Kier molecular flexibility index (Phi) is 12.0. The summed E-state index contributed by atoms with van der Waals surface area (Å²) in [7, 11) is 0. The second-order valence-electron chi connectivity index (χ2n) is 11.4. The standard InChI is InChI=1S/C36H45BrN2O2/c1-2-3-4-5-6-7-8-9-10-11-12-13-14-15-18-26-21-23-27(24-22-26)39-31-25-30(37)34(38)33-32(31)35(40)28-19-16-17-20-29(28)36(33)41/h16-17,19-25,39H,2-15,18,38H2,1H3. The Labute approximate surface area is 254 Å². The molecule has 0 saturated carbocycles. The second kappa shape index (κ2) is 15.9. The molecule has 1 aliphatic carbocycles. The zero-order valence-electron chi connectivity index (χ0n) is 24.6. The van der Waals surface area contributed by atoms with Crippen molar-refractivity contribution in [2.45, 2.75) is 103 Å². The van der Waals surface area contributed by atoms with Gasteiger partial charge in [-0.25, -0.2) is 0 Å². The van der Waals surface area contributed by atoms with E-state index in [1.54, 1.807) is 30.3 Å². The second-order valence-corrected chi connectivity index (χ2v) is 12.3. The van der Waals surface area contributed by atoms with Gasteiger partial charge in [0.25, 0.3) is 0 Å². The zero-order valence-corrected chi connectivity index (χ0v) is 26.2. The molecule has 3 aromatic carbocycles. The monoisotopic (exact) mass is 616 g/mol. The number of anilines is 3. The van der Waals surface area contributed by atoms with Crippen molar-refractivity contribution in [2.24, 2.45) is 0 Å². The Morgan fingerprint density at radius 1 is 0.659 bits per heavy atom. The minimum Gasteiger partial charge on any atom is -0.397 e. The van der Waals surface area contributed by atoms with Crippen LogP contribution in [0.5, 0.6) is 0 Å². The van der Waals surface area contributed by atoms with Gasteiger partial charge >= 0.3 is 0 Å². The summed E-state index contributed by atoms with van der Waals surface area (Å²) < 4.78 is 0.591. The van der Waals surface area contributed by atoms with Gasteiger partial charge in [-0.3, -0.25) is 9.59 Å². The summed E-state index contributed by atoms with van der Waals surface area (Å²) >= 11 is 3.48. The van der Waals surface area contributed by atoms with Gasteiger partial charge in [-0.2, -0.15) is 0 Å². The maximum atomic E-state index is 13.4. The fourth-order valence-electron chi connectivity index (χ4n) is 5.82. The largest absolute Gasteiger partial charge is 0.397 e. The van der Waals surface area contributed by atoms with E-state index in [1.807, 2.05) is 12.1 Å². The summed E-state index contributed by atoms with van der Waals surface area (Å²) in [6, 6.07) is 17.1. The molecule has 4 rings (SSSR count). The van der Waals surface area contributed by atoms with Crippen LogP contribution in [0, 0.1) is 0 Å². The van der Waals surface area contributed by atoms with Gasteiger partial charge in [0.15, 0.2) is 11.6 Å². The fourth-order valence-corrected chi connectivity index (χ4v) is 6.25. The minimum absolute atomic E-state index is 0.189. The maximum Gasteiger partial charge on any atom is 0.196 e. The number of carbonyl (C=O) groups excluding carboxylic acids is 2. The first-order valence-corrected chi connectivity index (χ1v) is 16.5. The molecule has 4 nitrogen and oxygen atoms in total. The van der Waals surface area contributed by atoms with E-state index in [0.717, 1.165) is 12.1 Å². The number of halogens is 1. The third-order valence-corrected chi connectivity index (χ3v) is 8.90. The Hall–Kier alpha value is -2.92. The number of nitrogens with two attached hydrogens (primary N) is 1. The van der Waals surface area contributed by atoms with E-state index in [9.17, 15) is 9.59 Å². The number of fused-ring (bicyclic) bond motifs is 2. The third kappa shape index (κ3) is 8.31. The molecule has 0 aromatic heterocycles. The molecule has 0 saturated heterocycles. The first kappa shape index (κ1) is 31.0. The van der Waals surface area contributed by atoms with Crippen LogP contribution in [0.15, 0.2) is 59.1 Å². The highest BCUT2D eigenvalue weighted by Crippen LogP contribution is 2.40. The number of aryl methyl sites for hydroxylation is 1. The Bertz CT molecular complexity index is 1320. The lowest BCUT2D eigenvalue weighted by Crippen LogP contribution is -2.23. The van der Waals surface area contributed by atoms with Gasteiger partial charge in [-0.1, -0.05) is 127 Å². The van der Waals surface area contributed by atoms with Crippen LogP contribution < -0.4 is 11.1 Å². The van der Waals surface area contributed by atoms with Gasteiger partial charge in [-0.05, 0) is 52.5 Å². The number of benzene rings is 3. The Morgan fingerprint density at radius 2 is 1.15 bits per heavy atom.